The van der Waals surface area contributed by atoms with Gasteiger partial charge in [-0.2, -0.15) is 0 Å². The predicted molar refractivity (Wildman–Crippen MR) is 140 cm³/mol. The molecule has 8 heteroatoms. The standard InChI is InChI=1S/C29H38N2O6/c1-4-6-14-30(26(32)7-5-2)15-16-31-18-23(21-10-13-24-25(17-21)37-19-36-24)27(29(33)34)28(31)20-8-11-22(35-3)12-9-20/h8-13,17,23,27-28H,4-7,14-16,18-19H2,1-3H3,(H,33,34)/t23?,27-,28+/m0/s1. The molecular weight excluding hydrogens is 472 g/mol. The number of carboxylic acids is 1. The second kappa shape index (κ2) is 12.3. The maximum absolute atomic E-state index is 12.8. The number of rotatable bonds is 12. The van der Waals surface area contributed by atoms with Crippen molar-refractivity contribution in [3.8, 4) is 17.2 Å². The number of methoxy groups -OCH3 is 1. The van der Waals surface area contributed by atoms with Gasteiger partial charge in [0.1, 0.15) is 5.75 Å². The quantitative estimate of drug-likeness (QED) is 0.443. The number of carbonyl (C=O) groups excluding carboxylic acids is 1. The van der Waals surface area contributed by atoms with Crippen molar-refractivity contribution in [2.75, 3.05) is 40.1 Å². The van der Waals surface area contributed by atoms with E-state index in [1.807, 2.05) is 54.3 Å². The molecule has 4 rings (SSSR count). The lowest BCUT2D eigenvalue weighted by Gasteiger charge is -2.30. The Kier molecular flexibility index (Phi) is 8.92. The first-order valence-corrected chi connectivity index (χ1v) is 13.2. The number of amides is 1. The van der Waals surface area contributed by atoms with E-state index in [0.717, 1.165) is 42.7 Å². The normalized spacial score (nSPS) is 20.7. The fourth-order valence-corrected chi connectivity index (χ4v) is 5.47. The number of carboxylic acid groups (broad SMARTS) is 1. The molecule has 37 heavy (non-hydrogen) atoms. The molecule has 1 amide bonds. The maximum Gasteiger partial charge on any atom is 0.309 e. The van der Waals surface area contributed by atoms with Crippen LogP contribution >= 0.6 is 0 Å². The number of ether oxygens (including phenoxy) is 3. The molecule has 0 radical (unpaired) electrons. The summed E-state index contributed by atoms with van der Waals surface area (Å²) in [5.74, 6) is 0.478. The Morgan fingerprint density at radius 2 is 1.76 bits per heavy atom. The molecule has 1 saturated heterocycles. The highest BCUT2D eigenvalue weighted by atomic mass is 16.7. The number of benzene rings is 2. The van der Waals surface area contributed by atoms with Gasteiger partial charge in [-0.1, -0.05) is 38.5 Å². The predicted octanol–water partition coefficient (Wildman–Crippen LogP) is 4.69. The van der Waals surface area contributed by atoms with E-state index >= 15 is 0 Å². The summed E-state index contributed by atoms with van der Waals surface area (Å²) in [6.07, 6.45) is 3.31. The first-order chi connectivity index (χ1) is 18.0. The van der Waals surface area contributed by atoms with Gasteiger partial charge in [-0.25, -0.2) is 0 Å². The number of nitrogens with zero attached hydrogens (tertiary/aromatic N) is 2. The molecule has 200 valence electrons. The van der Waals surface area contributed by atoms with Crippen molar-refractivity contribution < 1.29 is 28.9 Å². The van der Waals surface area contributed by atoms with Gasteiger partial charge in [0.15, 0.2) is 11.5 Å². The van der Waals surface area contributed by atoms with Gasteiger partial charge >= 0.3 is 5.97 Å². The highest BCUT2D eigenvalue weighted by Gasteiger charge is 2.47. The number of hydrogen-bond acceptors (Lipinski definition) is 6. The van der Waals surface area contributed by atoms with Crippen molar-refractivity contribution >= 4 is 11.9 Å². The lowest BCUT2D eigenvalue weighted by molar-refractivity contribution is -0.143. The molecule has 8 nitrogen and oxygen atoms in total. The van der Waals surface area contributed by atoms with Crippen LogP contribution in [0.15, 0.2) is 42.5 Å². The van der Waals surface area contributed by atoms with Crippen molar-refractivity contribution in [1.82, 2.24) is 9.80 Å². The van der Waals surface area contributed by atoms with Crippen LogP contribution in [0, 0.1) is 5.92 Å². The molecule has 0 spiro atoms. The number of likely N-dealkylation sites (tertiary alicyclic amines) is 1. The minimum absolute atomic E-state index is 0.165. The van der Waals surface area contributed by atoms with Gasteiger partial charge in [-0.15, -0.1) is 0 Å². The van der Waals surface area contributed by atoms with E-state index in [9.17, 15) is 14.7 Å². The fourth-order valence-electron chi connectivity index (χ4n) is 5.47. The molecule has 1 N–H and O–H groups in total. The number of fused-ring (bicyclic) bond motifs is 1. The summed E-state index contributed by atoms with van der Waals surface area (Å²) in [6.45, 7) is 6.78. The van der Waals surface area contributed by atoms with Crippen LogP contribution in [-0.2, 0) is 9.59 Å². The van der Waals surface area contributed by atoms with Gasteiger partial charge in [-0.05, 0) is 48.2 Å². The van der Waals surface area contributed by atoms with Crippen LogP contribution in [0.5, 0.6) is 17.2 Å². The molecule has 2 aliphatic heterocycles. The lowest BCUT2D eigenvalue weighted by atomic mass is 9.82. The monoisotopic (exact) mass is 510 g/mol. The SMILES string of the molecule is CCCCN(CCN1CC(c2ccc3c(c2)OCO3)[C@H](C(=O)O)[C@H]1c1ccc(OC)cc1)C(=O)CCC. The van der Waals surface area contributed by atoms with E-state index in [1.165, 1.54) is 0 Å². The minimum atomic E-state index is -0.837. The number of carbonyl (C=O) groups is 2. The summed E-state index contributed by atoms with van der Waals surface area (Å²) in [5, 5.41) is 10.5. The van der Waals surface area contributed by atoms with Crippen molar-refractivity contribution in [3.05, 3.63) is 53.6 Å². The Hall–Kier alpha value is -3.26. The number of hydrogen-bond donors (Lipinski definition) is 1. The molecule has 2 aliphatic rings. The molecule has 1 unspecified atom stereocenters. The fraction of sp³-hybridized carbons (Fsp3) is 0.517. The molecular formula is C29H38N2O6. The lowest BCUT2D eigenvalue weighted by Crippen LogP contribution is -2.39. The Labute approximate surface area is 219 Å². The van der Waals surface area contributed by atoms with E-state index in [0.29, 0.717) is 37.6 Å². The topological polar surface area (TPSA) is 88.5 Å². The van der Waals surface area contributed by atoms with Gasteiger partial charge in [0.05, 0.1) is 13.0 Å². The van der Waals surface area contributed by atoms with Gasteiger partial charge < -0.3 is 24.2 Å². The Morgan fingerprint density at radius 1 is 1.03 bits per heavy atom. The van der Waals surface area contributed by atoms with Crippen LogP contribution < -0.4 is 14.2 Å². The van der Waals surface area contributed by atoms with E-state index in [2.05, 4.69) is 11.8 Å². The molecule has 1 fully saturated rings. The smallest absolute Gasteiger partial charge is 0.309 e. The van der Waals surface area contributed by atoms with Gasteiger partial charge in [0.25, 0.3) is 0 Å². The average molecular weight is 511 g/mol. The molecule has 2 aromatic rings. The highest BCUT2D eigenvalue weighted by Crippen LogP contribution is 2.47. The summed E-state index contributed by atoms with van der Waals surface area (Å²) < 4.78 is 16.4. The largest absolute Gasteiger partial charge is 0.497 e. The molecule has 0 aromatic heterocycles. The van der Waals surface area contributed by atoms with Crippen molar-refractivity contribution in [3.63, 3.8) is 0 Å². The second-order valence-electron chi connectivity index (χ2n) is 9.78. The third-order valence-corrected chi connectivity index (χ3v) is 7.42. The molecule has 2 aromatic carbocycles. The molecule has 2 heterocycles. The van der Waals surface area contributed by atoms with Gasteiger partial charge in [0, 0.05) is 44.6 Å². The first-order valence-electron chi connectivity index (χ1n) is 13.2. The Balaban J connectivity index is 1.65. The van der Waals surface area contributed by atoms with Crippen LogP contribution in [0.3, 0.4) is 0 Å². The Morgan fingerprint density at radius 3 is 2.43 bits per heavy atom. The number of aliphatic carboxylic acids is 1. The van der Waals surface area contributed by atoms with Crippen molar-refractivity contribution in [2.24, 2.45) is 5.92 Å². The molecule has 0 aliphatic carbocycles. The van der Waals surface area contributed by atoms with Crippen LogP contribution in [0.2, 0.25) is 0 Å². The molecule has 0 bridgehead atoms. The molecule has 3 atom stereocenters. The summed E-state index contributed by atoms with van der Waals surface area (Å²) in [7, 11) is 1.62. The summed E-state index contributed by atoms with van der Waals surface area (Å²) in [4.78, 5) is 29.8. The third kappa shape index (κ3) is 6.01. The van der Waals surface area contributed by atoms with Crippen LogP contribution in [0.25, 0.3) is 0 Å². The summed E-state index contributed by atoms with van der Waals surface area (Å²) >= 11 is 0. The summed E-state index contributed by atoms with van der Waals surface area (Å²) in [5.41, 5.74) is 1.85. The first kappa shape index (κ1) is 26.8. The van der Waals surface area contributed by atoms with Crippen LogP contribution in [0.4, 0.5) is 0 Å². The van der Waals surface area contributed by atoms with Crippen LogP contribution in [0.1, 0.15) is 62.6 Å². The Bertz CT molecular complexity index is 1070. The minimum Gasteiger partial charge on any atom is -0.497 e. The summed E-state index contributed by atoms with van der Waals surface area (Å²) in [6, 6.07) is 13.0. The second-order valence-corrected chi connectivity index (χ2v) is 9.78. The zero-order valence-corrected chi connectivity index (χ0v) is 22.0. The van der Waals surface area contributed by atoms with E-state index in [-0.39, 0.29) is 24.7 Å². The maximum atomic E-state index is 12.8. The molecule has 0 saturated carbocycles. The van der Waals surface area contributed by atoms with E-state index in [1.54, 1.807) is 7.11 Å². The zero-order valence-electron chi connectivity index (χ0n) is 22.0. The van der Waals surface area contributed by atoms with Gasteiger partial charge in [-0.3, -0.25) is 14.5 Å². The number of unbranched alkanes of at least 4 members (excludes halogenated alkanes) is 1. The van der Waals surface area contributed by atoms with Crippen molar-refractivity contribution in [1.29, 1.82) is 0 Å². The van der Waals surface area contributed by atoms with Gasteiger partial charge in [0.2, 0.25) is 12.7 Å². The van der Waals surface area contributed by atoms with E-state index in [4.69, 9.17) is 14.2 Å². The van der Waals surface area contributed by atoms with E-state index < -0.39 is 11.9 Å². The zero-order chi connectivity index (χ0) is 26.4. The van der Waals surface area contributed by atoms with Crippen LogP contribution in [-0.4, -0.2) is 66.9 Å². The highest BCUT2D eigenvalue weighted by molar-refractivity contribution is 5.76. The average Bonchev–Trinajstić information content (AvgIpc) is 3.53. The van der Waals surface area contributed by atoms with Crippen molar-refractivity contribution in [2.45, 2.75) is 51.5 Å². The third-order valence-electron chi connectivity index (χ3n) is 7.42.